The fraction of sp³-hybridized carbons (Fsp3) is 0.545. The second-order valence-electron chi connectivity index (χ2n) is 4.16. The molecule has 1 N–H and O–H groups in total. The van der Waals surface area contributed by atoms with Gasteiger partial charge in [-0.25, -0.2) is 0 Å². The lowest BCUT2D eigenvalue weighted by molar-refractivity contribution is -0.143. The molecule has 1 aromatic rings. The minimum absolute atomic E-state index is 0.0675. The van der Waals surface area contributed by atoms with Gasteiger partial charge in [-0.3, -0.25) is 9.59 Å². The Kier molecular flexibility index (Phi) is 3.50. The van der Waals surface area contributed by atoms with Gasteiger partial charge >= 0.3 is 5.97 Å². The quantitative estimate of drug-likeness (QED) is 0.849. The van der Waals surface area contributed by atoms with E-state index in [-0.39, 0.29) is 24.1 Å². The molecule has 7 nitrogen and oxygen atoms in total. The third kappa shape index (κ3) is 2.44. The van der Waals surface area contributed by atoms with E-state index in [9.17, 15) is 9.59 Å². The van der Waals surface area contributed by atoms with Gasteiger partial charge in [0.15, 0.2) is 0 Å². The van der Waals surface area contributed by atoms with Crippen molar-refractivity contribution in [2.75, 3.05) is 20.2 Å². The van der Waals surface area contributed by atoms with Gasteiger partial charge in [-0.2, -0.15) is 0 Å². The van der Waals surface area contributed by atoms with Crippen LogP contribution in [0.4, 0.5) is 0 Å². The maximum atomic E-state index is 12.0. The number of aliphatic carboxylic acids is 1. The fourth-order valence-electron chi connectivity index (χ4n) is 1.98. The normalized spacial score (nSPS) is 19.6. The number of carboxylic acids is 1. The number of rotatable bonds is 3. The summed E-state index contributed by atoms with van der Waals surface area (Å²) in [5.41, 5.74) is 0. The SMILES string of the molecule is COc1cc(C(=O)N2CCCC(C(=O)O)C2)on1. The molecule has 98 valence electrons. The van der Waals surface area contributed by atoms with Gasteiger partial charge in [0.2, 0.25) is 5.76 Å². The number of piperidine rings is 1. The Balaban J connectivity index is 2.06. The summed E-state index contributed by atoms with van der Waals surface area (Å²) >= 11 is 0. The molecule has 0 radical (unpaired) electrons. The van der Waals surface area contributed by atoms with Crippen LogP contribution in [0.25, 0.3) is 0 Å². The second kappa shape index (κ2) is 5.07. The van der Waals surface area contributed by atoms with Crippen molar-refractivity contribution in [2.24, 2.45) is 5.92 Å². The highest BCUT2D eigenvalue weighted by molar-refractivity contribution is 5.92. The topological polar surface area (TPSA) is 92.9 Å². The number of hydrogen-bond donors (Lipinski definition) is 1. The fourth-order valence-corrected chi connectivity index (χ4v) is 1.98. The number of nitrogens with zero attached hydrogens (tertiary/aromatic N) is 2. The number of likely N-dealkylation sites (tertiary alicyclic amines) is 1. The first-order valence-corrected chi connectivity index (χ1v) is 5.64. The standard InChI is InChI=1S/C11H14N2O5/c1-17-9-5-8(18-12-9)10(14)13-4-2-3-7(6-13)11(15)16/h5,7H,2-4,6H2,1H3,(H,15,16). The molecule has 0 saturated carbocycles. The molecule has 1 aromatic heterocycles. The minimum Gasteiger partial charge on any atom is -0.481 e. The van der Waals surface area contributed by atoms with E-state index in [4.69, 9.17) is 14.4 Å². The molecule has 1 fully saturated rings. The molecule has 0 aliphatic carbocycles. The van der Waals surface area contributed by atoms with Crippen molar-refractivity contribution < 1.29 is 24.0 Å². The van der Waals surface area contributed by atoms with Crippen molar-refractivity contribution in [1.82, 2.24) is 10.1 Å². The van der Waals surface area contributed by atoms with Crippen molar-refractivity contribution in [1.29, 1.82) is 0 Å². The van der Waals surface area contributed by atoms with Gasteiger partial charge in [0, 0.05) is 13.1 Å². The summed E-state index contributed by atoms with van der Waals surface area (Å²) in [5, 5.41) is 12.5. The van der Waals surface area contributed by atoms with E-state index in [1.54, 1.807) is 0 Å². The second-order valence-corrected chi connectivity index (χ2v) is 4.16. The Bertz CT molecular complexity index is 456. The summed E-state index contributed by atoms with van der Waals surface area (Å²) in [6.45, 7) is 0.739. The van der Waals surface area contributed by atoms with Crippen LogP contribution in [0.3, 0.4) is 0 Å². The third-order valence-corrected chi connectivity index (χ3v) is 2.97. The average molecular weight is 254 g/mol. The molecule has 1 aliphatic rings. The van der Waals surface area contributed by atoms with E-state index in [1.165, 1.54) is 18.1 Å². The van der Waals surface area contributed by atoms with Gasteiger partial charge in [-0.1, -0.05) is 0 Å². The van der Waals surface area contributed by atoms with Crippen LogP contribution in [0.5, 0.6) is 5.88 Å². The van der Waals surface area contributed by atoms with Crippen molar-refractivity contribution in [3.63, 3.8) is 0 Å². The third-order valence-electron chi connectivity index (χ3n) is 2.97. The van der Waals surface area contributed by atoms with Gasteiger partial charge < -0.3 is 19.3 Å². The number of aromatic nitrogens is 1. The first-order valence-electron chi connectivity index (χ1n) is 5.64. The van der Waals surface area contributed by atoms with Gasteiger partial charge in [0.25, 0.3) is 11.8 Å². The highest BCUT2D eigenvalue weighted by Crippen LogP contribution is 2.20. The lowest BCUT2D eigenvalue weighted by atomic mass is 9.98. The molecule has 1 amide bonds. The maximum Gasteiger partial charge on any atom is 0.308 e. The number of methoxy groups -OCH3 is 1. The number of ether oxygens (including phenoxy) is 1. The Morgan fingerprint density at radius 3 is 3.00 bits per heavy atom. The van der Waals surface area contributed by atoms with Gasteiger partial charge in [0.1, 0.15) is 0 Å². The van der Waals surface area contributed by atoms with Crippen molar-refractivity contribution >= 4 is 11.9 Å². The molecule has 1 saturated heterocycles. The van der Waals surface area contributed by atoms with Crippen LogP contribution in [-0.4, -0.2) is 47.2 Å². The number of carbonyl (C=O) groups excluding carboxylic acids is 1. The summed E-state index contributed by atoms with van der Waals surface area (Å²) in [5.74, 6) is -1.44. The number of amides is 1. The van der Waals surface area contributed by atoms with E-state index in [2.05, 4.69) is 5.16 Å². The van der Waals surface area contributed by atoms with Crippen molar-refractivity contribution in [2.45, 2.75) is 12.8 Å². The van der Waals surface area contributed by atoms with Crippen LogP contribution in [0.2, 0.25) is 0 Å². The Morgan fingerprint density at radius 2 is 2.39 bits per heavy atom. The zero-order chi connectivity index (χ0) is 13.1. The monoisotopic (exact) mass is 254 g/mol. The molecule has 0 spiro atoms. The predicted molar refractivity (Wildman–Crippen MR) is 59.3 cm³/mol. The van der Waals surface area contributed by atoms with E-state index in [0.29, 0.717) is 19.4 Å². The average Bonchev–Trinajstić information content (AvgIpc) is 2.86. The first kappa shape index (κ1) is 12.4. The number of carboxylic acid groups (broad SMARTS) is 1. The van der Waals surface area contributed by atoms with Gasteiger partial charge in [-0.15, -0.1) is 0 Å². The zero-order valence-corrected chi connectivity index (χ0v) is 9.96. The van der Waals surface area contributed by atoms with Crippen LogP contribution in [0.15, 0.2) is 10.6 Å². The van der Waals surface area contributed by atoms with Gasteiger partial charge in [-0.05, 0) is 18.0 Å². The predicted octanol–water partition coefficient (Wildman–Crippen LogP) is 0.620. The highest BCUT2D eigenvalue weighted by atomic mass is 16.5. The van der Waals surface area contributed by atoms with Crippen LogP contribution in [0, 0.1) is 5.92 Å². The molecule has 7 heteroatoms. The molecule has 2 heterocycles. The molecule has 0 aromatic carbocycles. The molecule has 2 rings (SSSR count). The van der Waals surface area contributed by atoms with E-state index in [1.807, 2.05) is 0 Å². The highest BCUT2D eigenvalue weighted by Gasteiger charge is 2.30. The number of hydrogen-bond acceptors (Lipinski definition) is 5. The van der Waals surface area contributed by atoms with E-state index >= 15 is 0 Å². The Morgan fingerprint density at radius 1 is 1.61 bits per heavy atom. The Labute approximate surface area is 103 Å². The lowest BCUT2D eigenvalue weighted by Gasteiger charge is -2.29. The lowest BCUT2D eigenvalue weighted by Crippen LogP contribution is -2.42. The van der Waals surface area contributed by atoms with E-state index in [0.717, 1.165) is 0 Å². The summed E-state index contributed by atoms with van der Waals surface area (Å²) in [6.07, 6.45) is 1.27. The molecular weight excluding hydrogens is 240 g/mol. The van der Waals surface area contributed by atoms with Crippen LogP contribution in [-0.2, 0) is 4.79 Å². The summed E-state index contributed by atoms with van der Waals surface area (Å²) in [7, 11) is 1.42. The molecule has 0 bridgehead atoms. The maximum absolute atomic E-state index is 12.0. The minimum atomic E-state index is -0.873. The number of carbonyl (C=O) groups is 2. The van der Waals surface area contributed by atoms with Crippen LogP contribution >= 0.6 is 0 Å². The van der Waals surface area contributed by atoms with Crippen molar-refractivity contribution in [3.05, 3.63) is 11.8 Å². The van der Waals surface area contributed by atoms with Gasteiger partial charge in [0.05, 0.1) is 19.1 Å². The molecule has 1 unspecified atom stereocenters. The molecule has 18 heavy (non-hydrogen) atoms. The van der Waals surface area contributed by atoms with Crippen LogP contribution in [0.1, 0.15) is 23.4 Å². The zero-order valence-electron chi connectivity index (χ0n) is 9.96. The van der Waals surface area contributed by atoms with Crippen molar-refractivity contribution in [3.8, 4) is 5.88 Å². The van der Waals surface area contributed by atoms with E-state index < -0.39 is 11.9 Å². The summed E-state index contributed by atoms with van der Waals surface area (Å²) in [6, 6.07) is 1.40. The smallest absolute Gasteiger partial charge is 0.308 e. The molecule has 1 aliphatic heterocycles. The summed E-state index contributed by atoms with van der Waals surface area (Å²) in [4.78, 5) is 24.4. The molecular formula is C11H14N2O5. The summed E-state index contributed by atoms with van der Waals surface area (Å²) < 4.78 is 9.67. The first-order chi connectivity index (χ1) is 8.61. The molecule has 1 atom stereocenters. The Hall–Kier alpha value is -2.05. The van der Waals surface area contributed by atoms with Crippen LogP contribution < -0.4 is 4.74 Å². The largest absolute Gasteiger partial charge is 0.481 e.